The van der Waals surface area contributed by atoms with Crippen LogP contribution in [0.1, 0.15) is 12.8 Å². The van der Waals surface area contributed by atoms with Crippen LogP contribution in [0.3, 0.4) is 0 Å². The zero-order valence-electron chi connectivity index (χ0n) is 9.43. The number of benzene rings is 1. The molecule has 2 aromatic rings. The maximum atomic E-state index is 13.6. The minimum absolute atomic E-state index is 0.0202. The van der Waals surface area contributed by atoms with Crippen LogP contribution in [-0.4, -0.2) is 19.4 Å². The number of halogens is 1. The van der Waals surface area contributed by atoms with Gasteiger partial charge in [-0.2, -0.15) is 0 Å². The lowest BCUT2D eigenvalue weighted by Gasteiger charge is -2.08. The third-order valence-corrected chi connectivity index (χ3v) is 4.45. The number of fused-ring (bicyclic) bond motifs is 1. The predicted octanol–water partition coefficient (Wildman–Crippen LogP) is 1.81. The third-order valence-electron chi connectivity index (χ3n) is 2.87. The molecule has 1 aromatic heterocycles. The standard InChI is InChI=1S/C12H11FN2O2S/c13-10-5-6-11(9-2-1-7-14-12(9)10)18(16,17)15-8-3-4-8/h1-2,5-8,15H,3-4H2. The van der Waals surface area contributed by atoms with Crippen molar-refractivity contribution in [3.05, 3.63) is 36.3 Å². The van der Waals surface area contributed by atoms with Gasteiger partial charge in [-0.1, -0.05) is 0 Å². The maximum absolute atomic E-state index is 13.6. The molecule has 1 aliphatic rings. The molecule has 18 heavy (non-hydrogen) atoms. The summed E-state index contributed by atoms with van der Waals surface area (Å²) >= 11 is 0. The van der Waals surface area contributed by atoms with Gasteiger partial charge in [0.05, 0.1) is 4.90 Å². The fourth-order valence-corrected chi connectivity index (χ4v) is 3.33. The van der Waals surface area contributed by atoms with Crippen LogP contribution in [0.15, 0.2) is 35.4 Å². The van der Waals surface area contributed by atoms with Crippen molar-refractivity contribution in [3.8, 4) is 0 Å². The normalized spacial score (nSPS) is 16.1. The Morgan fingerprint density at radius 1 is 1.28 bits per heavy atom. The molecule has 0 aliphatic heterocycles. The summed E-state index contributed by atoms with van der Waals surface area (Å²) in [5.74, 6) is -0.518. The average Bonchev–Trinajstić information content (AvgIpc) is 3.12. The molecule has 3 rings (SSSR count). The number of pyridine rings is 1. The summed E-state index contributed by atoms with van der Waals surface area (Å²) in [4.78, 5) is 3.96. The van der Waals surface area contributed by atoms with Gasteiger partial charge in [0.25, 0.3) is 0 Å². The molecule has 0 spiro atoms. The Kier molecular flexibility index (Phi) is 2.57. The van der Waals surface area contributed by atoms with E-state index in [4.69, 9.17) is 0 Å². The lowest BCUT2D eigenvalue weighted by Crippen LogP contribution is -2.26. The number of hydrogen-bond acceptors (Lipinski definition) is 3. The van der Waals surface area contributed by atoms with Crippen molar-refractivity contribution in [3.63, 3.8) is 0 Å². The number of aromatic nitrogens is 1. The minimum atomic E-state index is -3.60. The van der Waals surface area contributed by atoms with Crippen molar-refractivity contribution in [1.82, 2.24) is 9.71 Å². The molecule has 0 unspecified atom stereocenters. The minimum Gasteiger partial charge on any atom is -0.253 e. The van der Waals surface area contributed by atoms with E-state index in [0.717, 1.165) is 18.9 Å². The van der Waals surface area contributed by atoms with Crippen LogP contribution >= 0.6 is 0 Å². The van der Waals surface area contributed by atoms with Crippen LogP contribution in [0.5, 0.6) is 0 Å². The van der Waals surface area contributed by atoms with Gasteiger partial charge in [0.2, 0.25) is 10.0 Å². The van der Waals surface area contributed by atoms with Gasteiger partial charge in [-0.25, -0.2) is 17.5 Å². The summed E-state index contributed by atoms with van der Waals surface area (Å²) in [5.41, 5.74) is 0.0798. The first-order valence-corrected chi connectivity index (χ1v) is 7.12. The van der Waals surface area contributed by atoms with E-state index in [0.29, 0.717) is 5.39 Å². The van der Waals surface area contributed by atoms with Gasteiger partial charge in [0.15, 0.2) is 0 Å². The Balaban J connectivity index is 2.20. The molecule has 1 saturated carbocycles. The summed E-state index contributed by atoms with van der Waals surface area (Å²) in [6.45, 7) is 0. The van der Waals surface area contributed by atoms with Gasteiger partial charge in [-0.3, -0.25) is 4.98 Å². The Morgan fingerprint density at radius 2 is 2.06 bits per heavy atom. The molecule has 0 saturated heterocycles. The first-order chi connectivity index (χ1) is 8.58. The van der Waals surface area contributed by atoms with Crippen LogP contribution in [0, 0.1) is 5.82 Å². The Morgan fingerprint density at radius 3 is 2.78 bits per heavy atom. The van der Waals surface area contributed by atoms with Crippen LogP contribution < -0.4 is 4.72 Å². The average molecular weight is 266 g/mol. The van der Waals surface area contributed by atoms with Crippen molar-refractivity contribution in [1.29, 1.82) is 0 Å². The summed E-state index contributed by atoms with van der Waals surface area (Å²) in [6, 6.07) is 5.60. The topological polar surface area (TPSA) is 59.1 Å². The number of sulfonamides is 1. The van der Waals surface area contributed by atoms with Crippen LogP contribution in [0.4, 0.5) is 4.39 Å². The van der Waals surface area contributed by atoms with E-state index in [-0.39, 0.29) is 16.5 Å². The highest BCUT2D eigenvalue weighted by atomic mass is 32.2. The second-order valence-electron chi connectivity index (χ2n) is 4.34. The SMILES string of the molecule is O=S(=O)(NC1CC1)c1ccc(F)c2ncccc12. The molecular formula is C12H11FN2O2S. The zero-order valence-corrected chi connectivity index (χ0v) is 10.2. The van der Waals surface area contributed by atoms with Gasteiger partial charge < -0.3 is 0 Å². The summed E-state index contributed by atoms with van der Waals surface area (Å²) in [6.07, 6.45) is 3.16. The number of nitrogens with one attached hydrogen (secondary N) is 1. The molecule has 1 N–H and O–H groups in total. The second-order valence-corrected chi connectivity index (χ2v) is 6.02. The van der Waals surface area contributed by atoms with Gasteiger partial charge in [0.1, 0.15) is 11.3 Å². The van der Waals surface area contributed by atoms with Crippen LogP contribution in [0.25, 0.3) is 10.9 Å². The molecule has 0 amide bonds. The third kappa shape index (κ3) is 1.97. The smallest absolute Gasteiger partial charge is 0.241 e. The predicted molar refractivity (Wildman–Crippen MR) is 65.0 cm³/mol. The van der Waals surface area contributed by atoms with Gasteiger partial charge in [-0.15, -0.1) is 0 Å². The molecule has 1 aliphatic carbocycles. The van der Waals surface area contributed by atoms with Crippen LogP contribution in [-0.2, 0) is 10.0 Å². The molecule has 1 aromatic carbocycles. The molecule has 0 radical (unpaired) electrons. The molecule has 94 valence electrons. The van der Waals surface area contributed by atoms with Crippen molar-refractivity contribution in [2.45, 2.75) is 23.8 Å². The largest absolute Gasteiger partial charge is 0.253 e. The Hall–Kier alpha value is -1.53. The quantitative estimate of drug-likeness (QED) is 0.921. The Labute approximate surface area is 104 Å². The van der Waals surface area contributed by atoms with Crippen LogP contribution in [0.2, 0.25) is 0 Å². The molecule has 0 bridgehead atoms. The van der Waals surface area contributed by atoms with Crippen molar-refractivity contribution < 1.29 is 12.8 Å². The van der Waals surface area contributed by atoms with E-state index >= 15 is 0 Å². The molecule has 4 nitrogen and oxygen atoms in total. The number of hydrogen-bond donors (Lipinski definition) is 1. The van der Waals surface area contributed by atoms with E-state index in [9.17, 15) is 12.8 Å². The van der Waals surface area contributed by atoms with Crippen molar-refractivity contribution >= 4 is 20.9 Å². The van der Waals surface area contributed by atoms with Crippen molar-refractivity contribution in [2.24, 2.45) is 0 Å². The van der Waals surface area contributed by atoms with Gasteiger partial charge in [0, 0.05) is 17.6 Å². The van der Waals surface area contributed by atoms with E-state index in [2.05, 4.69) is 9.71 Å². The molecule has 6 heteroatoms. The van der Waals surface area contributed by atoms with E-state index < -0.39 is 15.8 Å². The number of nitrogens with zero attached hydrogens (tertiary/aromatic N) is 1. The first-order valence-electron chi connectivity index (χ1n) is 5.63. The highest BCUT2D eigenvalue weighted by Gasteiger charge is 2.29. The summed E-state index contributed by atoms with van der Waals surface area (Å²) in [5, 5.41) is 0.311. The second kappa shape index (κ2) is 4.00. The monoisotopic (exact) mass is 266 g/mol. The molecular weight excluding hydrogens is 255 g/mol. The Bertz CT molecular complexity index is 711. The highest BCUT2D eigenvalue weighted by Crippen LogP contribution is 2.27. The first kappa shape index (κ1) is 11.6. The van der Waals surface area contributed by atoms with E-state index in [1.54, 1.807) is 12.1 Å². The lowest BCUT2D eigenvalue weighted by atomic mass is 10.2. The fourth-order valence-electron chi connectivity index (χ4n) is 1.83. The van der Waals surface area contributed by atoms with Crippen molar-refractivity contribution in [2.75, 3.05) is 0 Å². The maximum Gasteiger partial charge on any atom is 0.241 e. The summed E-state index contributed by atoms with van der Waals surface area (Å²) < 4.78 is 40.4. The van der Waals surface area contributed by atoms with E-state index in [1.165, 1.54) is 12.3 Å². The summed E-state index contributed by atoms with van der Waals surface area (Å²) in [7, 11) is -3.60. The lowest BCUT2D eigenvalue weighted by molar-refractivity contribution is 0.581. The fraction of sp³-hybridized carbons (Fsp3) is 0.250. The number of rotatable bonds is 3. The molecule has 1 heterocycles. The van der Waals surface area contributed by atoms with Gasteiger partial charge >= 0.3 is 0 Å². The zero-order chi connectivity index (χ0) is 12.8. The molecule has 0 atom stereocenters. The highest BCUT2D eigenvalue weighted by molar-refractivity contribution is 7.89. The van der Waals surface area contributed by atoms with Gasteiger partial charge in [-0.05, 0) is 37.1 Å². The van der Waals surface area contributed by atoms with E-state index in [1.807, 2.05) is 0 Å². The molecule has 1 fully saturated rings.